The molecule has 62 valence electrons. The average Bonchev–Trinajstić information content (AvgIpc) is 1.60. The average molecular weight is 220 g/mol. The van der Waals surface area contributed by atoms with Crippen LogP contribution in [-0.2, 0) is 0 Å². The zero-order valence-electron chi connectivity index (χ0n) is 6.50. The molecule has 0 amide bonds. The Kier molecular flexibility index (Phi) is 4.65. The van der Waals surface area contributed by atoms with E-state index in [-0.39, 0.29) is 4.87 Å². The monoisotopic (exact) mass is 218 g/mol. The normalized spacial score (nSPS) is 15.9. The summed E-state index contributed by atoms with van der Waals surface area (Å²) in [4.78, 5) is -0.158. The molecule has 0 fully saturated rings. The zero-order valence-corrected chi connectivity index (χ0v) is 9.92. The Morgan fingerprint density at radius 1 is 1.40 bits per heavy atom. The third kappa shape index (κ3) is 5.84. The summed E-state index contributed by atoms with van der Waals surface area (Å²) >= 11 is 17.5. The Hall–Kier alpha value is 1.09. The molecule has 0 aromatic carbocycles. The maximum atomic E-state index is 5.98. The third-order valence-corrected chi connectivity index (χ3v) is 5.07. The first-order valence-corrected chi connectivity index (χ1v) is 7.83. The molecule has 0 heterocycles. The van der Waals surface area contributed by atoms with E-state index in [1.54, 1.807) is 0 Å². The largest absolute Gasteiger partial charge is 0.239 e. The fraction of sp³-hybridized carbons (Fsp3) is 1.00. The van der Waals surface area contributed by atoms with Gasteiger partial charge in [0.1, 0.15) is 0 Å². The van der Waals surface area contributed by atoms with Crippen molar-refractivity contribution in [2.24, 2.45) is 0 Å². The number of hydrogen-bond donors (Lipinski definition) is 0. The molecule has 0 N–H and O–H groups in total. The lowest BCUT2D eigenvalue weighted by Gasteiger charge is -2.20. The van der Waals surface area contributed by atoms with Crippen molar-refractivity contribution < 1.29 is 0 Å². The van der Waals surface area contributed by atoms with E-state index in [9.17, 15) is 0 Å². The molecule has 0 aromatic heterocycles. The first-order valence-electron chi connectivity index (χ1n) is 3.30. The van der Waals surface area contributed by atoms with Crippen LogP contribution in [-0.4, -0.2) is 12.3 Å². The summed E-state index contributed by atoms with van der Waals surface area (Å²) in [7, 11) is -1.50. The Labute approximate surface area is 78.9 Å². The molecule has 4 heteroatoms. The van der Waals surface area contributed by atoms with E-state index >= 15 is 0 Å². The summed E-state index contributed by atoms with van der Waals surface area (Å²) in [6, 6.07) is 0. The van der Waals surface area contributed by atoms with Crippen molar-refractivity contribution in [3.8, 4) is 0 Å². The summed E-state index contributed by atoms with van der Waals surface area (Å²) in [5.41, 5.74) is 0.399. The van der Waals surface area contributed by atoms with Crippen LogP contribution in [0.1, 0.15) is 27.2 Å². The second-order valence-corrected chi connectivity index (χ2v) is 9.56. The van der Waals surface area contributed by atoms with Crippen molar-refractivity contribution in [2.75, 3.05) is 0 Å². The Bertz CT molecular complexity index is 97.7. The van der Waals surface area contributed by atoms with Gasteiger partial charge in [0.15, 0.2) is 0 Å². The van der Waals surface area contributed by atoms with Gasteiger partial charge in [0.25, 0.3) is 0 Å². The third-order valence-electron chi connectivity index (χ3n) is 1.24. The van der Waals surface area contributed by atoms with Crippen LogP contribution in [0.15, 0.2) is 0 Å². The quantitative estimate of drug-likeness (QED) is 0.387. The summed E-state index contributed by atoms with van der Waals surface area (Å²) < 4.78 is 0. The first-order chi connectivity index (χ1) is 4.33. The van der Waals surface area contributed by atoms with Crippen LogP contribution >= 0.6 is 33.8 Å². The summed E-state index contributed by atoms with van der Waals surface area (Å²) in [5, 5.41) is 0. The minimum absolute atomic E-state index is 0.158. The van der Waals surface area contributed by atoms with E-state index < -0.39 is 7.42 Å². The van der Waals surface area contributed by atoms with Gasteiger partial charge in [-0.25, -0.2) is 0 Å². The van der Waals surface area contributed by atoms with E-state index in [4.69, 9.17) is 33.8 Å². The van der Waals surface area contributed by atoms with Crippen LogP contribution < -0.4 is 0 Å². The lowest BCUT2D eigenvalue weighted by molar-refractivity contribution is 0.613. The van der Waals surface area contributed by atoms with E-state index in [1.807, 2.05) is 13.8 Å². The molecule has 0 aliphatic carbocycles. The highest BCUT2D eigenvalue weighted by Gasteiger charge is 2.22. The Morgan fingerprint density at radius 3 is 1.90 bits per heavy atom. The molecule has 10 heavy (non-hydrogen) atoms. The van der Waals surface area contributed by atoms with Gasteiger partial charge in [-0.15, -0.1) is 11.6 Å². The van der Waals surface area contributed by atoms with Crippen LogP contribution in [0.25, 0.3) is 0 Å². The van der Waals surface area contributed by atoms with E-state index in [0.717, 1.165) is 6.42 Å². The molecule has 0 rings (SSSR count). The summed E-state index contributed by atoms with van der Waals surface area (Å²) in [6.45, 7) is 6.02. The van der Waals surface area contributed by atoms with Crippen LogP contribution in [0.2, 0.25) is 5.54 Å². The van der Waals surface area contributed by atoms with Gasteiger partial charge in [-0.3, -0.25) is 0 Å². The highest BCUT2D eigenvalue weighted by molar-refractivity contribution is 7.34. The van der Waals surface area contributed by atoms with Crippen molar-refractivity contribution in [1.29, 1.82) is 0 Å². The minimum atomic E-state index is -1.50. The molecule has 1 atom stereocenters. The highest BCUT2D eigenvalue weighted by Crippen LogP contribution is 2.30. The predicted octanol–water partition coefficient (Wildman–Crippen LogP) is 3.48. The SMILES string of the molecule is CC(CC(C)(C)Cl)[SiH](Cl)Cl. The second-order valence-electron chi connectivity index (χ2n) is 3.23. The molecule has 0 radical (unpaired) electrons. The zero-order chi connectivity index (χ0) is 8.36. The van der Waals surface area contributed by atoms with Crippen molar-refractivity contribution in [1.82, 2.24) is 0 Å². The van der Waals surface area contributed by atoms with Crippen LogP contribution in [0.4, 0.5) is 0 Å². The molecular weight excluding hydrogens is 207 g/mol. The number of hydrogen-bond acceptors (Lipinski definition) is 0. The van der Waals surface area contributed by atoms with Gasteiger partial charge in [-0.1, -0.05) is 6.92 Å². The van der Waals surface area contributed by atoms with E-state index in [0.29, 0.717) is 5.54 Å². The number of halogens is 3. The second kappa shape index (κ2) is 4.20. The van der Waals surface area contributed by atoms with Gasteiger partial charge in [0.05, 0.1) is 0 Å². The molecule has 0 saturated carbocycles. The molecule has 0 aromatic rings. The van der Waals surface area contributed by atoms with Crippen molar-refractivity contribution in [3.63, 3.8) is 0 Å². The van der Waals surface area contributed by atoms with Gasteiger partial charge in [-0.2, -0.15) is 22.2 Å². The standard InChI is InChI=1S/C6H13Cl3Si/c1-5(10(8)9)4-6(2,3)7/h5,10H,4H2,1-3H3. The van der Waals surface area contributed by atoms with Crippen LogP contribution in [0.5, 0.6) is 0 Å². The molecule has 0 nitrogen and oxygen atoms in total. The fourth-order valence-corrected chi connectivity index (χ4v) is 2.55. The maximum absolute atomic E-state index is 5.98. The van der Waals surface area contributed by atoms with Gasteiger partial charge in [-0.05, 0) is 25.8 Å². The van der Waals surface area contributed by atoms with E-state index in [1.165, 1.54) is 0 Å². The topological polar surface area (TPSA) is 0 Å². The van der Waals surface area contributed by atoms with Gasteiger partial charge in [0.2, 0.25) is 7.42 Å². The van der Waals surface area contributed by atoms with Crippen LogP contribution in [0.3, 0.4) is 0 Å². The van der Waals surface area contributed by atoms with Gasteiger partial charge in [0, 0.05) is 4.87 Å². The molecule has 0 aliphatic rings. The lowest BCUT2D eigenvalue weighted by atomic mass is 10.1. The van der Waals surface area contributed by atoms with Gasteiger partial charge < -0.3 is 0 Å². The molecule has 1 unspecified atom stereocenters. The minimum Gasteiger partial charge on any atom is -0.150 e. The van der Waals surface area contributed by atoms with Crippen molar-refractivity contribution >= 4 is 41.2 Å². The molecule has 0 aliphatic heterocycles. The molecule has 0 spiro atoms. The highest BCUT2D eigenvalue weighted by atomic mass is 35.7. The summed E-state index contributed by atoms with van der Waals surface area (Å²) in [6.07, 6.45) is 0.901. The first kappa shape index (κ1) is 11.1. The van der Waals surface area contributed by atoms with Gasteiger partial charge >= 0.3 is 0 Å². The number of rotatable bonds is 3. The van der Waals surface area contributed by atoms with E-state index in [2.05, 4.69) is 6.92 Å². The fourth-order valence-electron chi connectivity index (χ4n) is 0.855. The smallest absolute Gasteiger partial charge is 0.150 e. The maximum Gasteiger partial charge on any atom is 0.239 e. The predicted molar refractivity (Wildman–Crippen MR) is 52.8 cm³/mol. The van der Waals surface area contributed by atoms with Crippen LogP contribution in [0, 0.1) is 0 Å². The van der Waals surface area contributed by atoms with Crippen molar-refractivity contribution in [2.45, 2.75) is 37.6 Å². The molecular formula is C6H13Cl3Si. The Morgan fingerprint density at radius 2 is 1.80 bits per heavy atom. The number of alkyl halides is 1. The Balaban J connectivity index is 3.68. The van der Waals surface area contributed by atoms with Crippen molar-refractivity contribution in [3.05, 3.63) is 0 Å². The summed E-state index contributed by atoms with van der Waals surface area (Å²) in [5.74, 6) is 0. The molecule has 0 bridgehead atoms. The molecule has 0 saturated heterocycles. The lowest BCUT2D eigenvalue weighted by Crippen LogP contribution is -2.17.